The molecule has 0 amide bonds. The fourth-order valence-electron chi connectivity index (χ4n) is 2.87. The number of aryl methyl sites for hydroxylation is 3. The molecule has 2 rings (SSSR count). The molecule has 0 unspecified atom stereocenters. The molecule has 4 nitrogen and oxygen atoms in total. The third kappa shape index (κ3) is 5.68. The van der Waals surface area contributed by atoms with Crippen LogP contribution in [0.5, 0.6) is 0 Å². The van der Waals surface area contributed by atoms with E-state index in [0.717, 1.165) is 42.6 Å². The van der Waals surface area contributed by atoms with E-state index < -0.39 is 0 Å². The summed E-state index contributed by atoms with van der Waals surface area (Å²) in [7, 11) is 0. The summed E-state index contributed by atoms with van der Waals surface area (Å²) in [5.41, 5.74) is 5.72. The average Bonchev–Trinajstić information content (AvgIpc) is 2.57. The van der Waals surface area contributed by atoms with Crippen LogP contribution < -0.4 is 0 Å². The summed E-state index contributed by atoms with van der Waals surface area (Å²) in [5.74, 6) is 0. The number of nitrogens with zero attached hydrogens (tertiary/aromatic N) is 2. The minimum Gasteiger partial charge on any atom is -0.258 e. The lowest BCUT2D eigenvalue weighted by Gasteiger charge is -2.09. The number of rotatable bonds is 8. The third-order valence-corrected chi connectivity index (χ3v) is 4.05. The van der Waals surface area contributed by atoms with Gasteiger partial charge in [-0.3, -0.25) is 15.1 Å². The summed E-state index contributed by atoms with van der Waals surface area (Å²) >= 11 is 0. The maximum absolute atomic E-state index is 10.7. The molecular formula is C21H24N2O2. The molecule has 1 heterocycles. The van der Waals surface area contributed by atoms with Gasteiger partial charge in [0.2, 0.25) is 0 Å². The molecule has 25 heavy (non-hydrogen) atoms. The van der Waals surface area contributed by atoms with Crippen LogP contribution in [0.15, 0.2) is 55.1 Å². The zero-order valence-corrected chi connectivity index (χ0v) is 14.9. The Morgan fingerprint density at radius 1 is 1.20 bits per heavy atom. The van der Waals surface area contributed by atoms with Gasteiger partial charge in [0, 0.05) is 17.8 Å². The molecule has 0 radical (unpaired) electrons. The number of nitro benzene ring substituents is 1. The van der Waals surface area contributed by atoms with Crippen molar-refractivity contribution in [3.8, 4) is 0 Å². The smallest absolute Gasteiger partial charge is 0.258 e. The number of non-ortho nitro benzene ring substituents is 1. The van der Waals surface area contributed by atoms with Crippen molar-refractivity contribution in [3.63, 3.8) is 0 Å². The third-order valence-electron chi connectivity index (χ3n) is 4.05. The van der Waals surface area contributed by atoms with Crippen LogP contribution in [0.3, 0.4) is 0 Å². The number of hydrogen-bond donors (Lipinski definition) is 0. The summed E-state index contributed by atoms with van der Waals surface area (Å²) < 4.78 is 0. The molecule has 0 aliphatic heterocycles. The summed E-state index contributed by atoms with van der Waals surface area (Å²) in [6, 6.07) is 11.0. The highest BCUT2D eigenvalue weighted by atomic mass is 16.6. The summed E-state index contributed by atoms with van der Waals surface area (Å²) in [6.07, 6.45) is 7.76. The van der Waals surface area contributed by atoms with E-state index in [4.69, 9.17) is 0 Å². The number of allylic oxidation sites excluding steroid dienone is 3. The van der Waals surface area contributed by atoms with Crippen LogP contribution in [0.4, 0.5) is 5.69 Å². The Hall–Kier alpha value is -2.75. The zero-order valence-electron chi connectivity index (χ0n) is 14.9. The summed E-state index contributed by atoms with van der Waals surface area (Å²) in [6.45, 7) is 7.90. The van der Waals surface area contributed by atoms with Crippen LogP contribution in [0.25, 0.3) is 5.57 Å². The van der Waals surface area contributed by atoms with Crippen molar-refractivity contribution in [1.29, 1.82) is 0 Å². The number of pyridine rings is 1. The standard InChI is InChI=1S/C21H24N2O2/c1-4-7-19(21-15-16(2)14-17(3)22-21)9-6-5-8-18-10-12-20(13-11-18)23(24)25/h4,7,10-15H,1,5-6,8-9H2,2-3H3. The Balaban J connectivity index is 1.92. The number of nitro groups is 1. The van der Waals surface area contributed by atoms with E-state index in [1.54, 1.807) is 12.1 Å². The monoisotopic (exact) mass is 336 g/mol. The van der Waals surface area contributed by atoms with Gasteiger partial charge in [-0.15, -0.1) is 0 Å². The lowest BCUT2D eigenvalue weighted by atomic mass is 10.00. The lowest BCUT2D eigenvalue weighted by molar-refractivity contribution is -0.384. The van der Waals surface area contributed by atoms with Gasteiger partial charge in [0.15, 0.2) is 0 Å². The van der Waals surface area contributed by atoms with Crippen LogP contribution in [0, 0.1) is 24.0 Å². The molecule has 0 N–H and O–H groups in total. The first-order chi connectivity index (χ1) is 12.0. The van der Waals surface area contributed by atoms with Crippen molar-refractivity contribution in [2.24, 2.45) is 0 Å². The van der Waals surface area contributed by atoms with Crippen molar-refractivity contribution in [2.45, 2.75) is 39.5 Å². The maximum atomic E-state index is 10.7. The molecule has 4 heteroatoms. The Morgan fingerprint density at radius 2 is 1.92 bits per heavy atom. The van der Waals surface area contributed by atoms with Crippen LogP contribution in [-0.4, -0.2) is 9.91 Å². The molecular weight excluding hydrogens is 312 g/mol. The van der Waals surface area contributed by atoms with Crippen molar-refractivity contribution in [1.82, 2.24) is 4.98 Å². The van der Waals surface area contributed by atoms with Gasteiger partial charge >= 0.3 is 0 Å². The highest BCUT2D eigenvalue weighted by molar-refractivity contribution is 5.64. The second-order valence-electron chi connectivity index (χ2n) is 6.23. The predicted octanol–water partition coefficient (Wildman–Crippen LogP) is 5.59. The molecule has 0 bridgehead atoms. The largest absolute Gasteiger partial charge is 0.269 e. The van der Waals surface area contributed by atoms with Gasteiger partial charge in [0.25, 0.3) is 5.69 Å². The topological polar surface area (TPSA) is 56.0 Å². The van der Waals surface area contributed by atoms with Crippen molar-refractivity contribution < 1.29 is 4.92 Å². The van der Waals surface area contributed by atoms with Crippen LogP contribution in [-0.2, 0) is 6.42 Å². The molecule has 130 valence electrons. The minimum atomic E-state index is -0.368. The number of benzene rings is 1. The van der Waals surface area contributed by atoms with Gasteiger partial charge in [-0.2, -0.15) is 0 Å². The highest BCUT2D eigenvalue weighted by Gasteiger charge is 2.06. The van der Waals surface area contributed by atoms with Crippen LogP contribution in [0.2, 0.25) is 0 Å². The second kappa shape index (κ2) is 8.92. The maximum Gasteiger partial charge on any atom is 0.269 e. The molecule has 0 fully saturated rings. The molecule has 1 aromatic heterocycles. The van der Waals surface area contributed by atoms with E-state index >= 15 is 0 Å². The second-order valence-corrected chi connectivity index (χ2v) is 6.23. The lowest BCUT2D eigenvalue weighted by Crippen LogP contribution is -1.95. The Labute approximate surface area is 149 Å². The SMILES string of the molecule is C=CC=C(CCCCc1ccc([N+](=O)[O-])cc1)c1cc(C)cc(C)n1. The molecule has 0 saturated carbocycles. The zero-order chi connectivity index (χ0) is 18.2. The first-order valence-electron chi connectivity index (χ1n) is 8.50. The number of hydrogen-bond acceptors (Lipinski definition) is 3. The number of aromatic nitrogens is 1. The fourth-order valence-corrected chi connectivity index (χ4v) is 2.87. The number of unbranched alkanes of at least 4 members (excludes halogenated alkanes) is 1. The summed E-state index contributed by atoms with van der Waals surface area (Å²) in [4.78, 5) is 14.9. The van der Waals surface area contributed by atoms with Gasteiger partial charge in [-0.1, -0.05) is 30.9 Å². The van der Waals surface area contributed by atoms with E-state index in [9.17, 15) is 10.1 Å². The summed E-state index contributed by atoms with van der Waals surface area (Å²) in [5, 5.41) is 10.7. The molecule has 2 aromatic rings. The van der Waals surface area contributed by atoms with Crippen molar-refractivity contribution in [2.75, 3.05) is 0 Å². The predicted molar refractivity (Wildman–Crippen MR) is 103 cm³/mol. The van der Waals surface area contributed by atoms with Crippen molar-refractivity contribution in [3.05, 3.63) is 87.8 Å². The highest BCUT2D eigenvalue weighted by Crippen LogP contribution is 2.22. The van der Waals surface area contributed by atoms with Gasteiger partial charge < -0.3 is 0 Å². The van der Waals surface area contributed by atoms with E-state index in [1.807, 2.05) is 31.2 Å². The Bertz CT molecular complexity index is 757. The van der Waals surface area contributed by atoms with Crippen LogP contribution in [0.1, 0.15) is 41.8 Å². The van der Waals surface area contributed by atoms with Crippen LogP contribution >= 0.6 is 0 Å². The van der Waals surface area contributed by atoms with E-state index in [-0.39, 0.29) is 10.6 Å². The van der Waals surface area contributed by atoms with E-state index in [2.05, 4.69) is 30.6 Å². The molecule has 0 spiro atoms. The molecule has 0 aliphatic carbocycles. The molecule has 0 atom stereocenters. The van der Waals surface area contributed by atoms with E-state index in [1.165, 1.54) is 11.1 Å². The first kappa shape index (κ1) is 18.6. The Kier molecular flexibility index (Phi) is 6.63. The molecule has 0 aliphatic rings. The van der Waals surface area contributed by atoms with Gasteiger partial charge in [-0.25, -0.2) is 0 Å². The average molecular weight is 336 g/mol. The normalized spacial score (nSPS) is 11.4. The van der Waals surface area contributed by atoms with Crippen molar-refractivity contribution >= 4 is 11.3 Å². The fraction of sp³-hybridized carbons (Fsp3) is 0.286. The van der Waals surface area contributed by atoms with Gasteiger partial charge in [-0.05, 0) is 68.4 Å². The minimum absolute atomic E-state index is 0.140. The quantitative estimate of drug-likeness (QED) is 0.273. The van der Waals surface area contributed by atoms with Gasteiger partial charge in [0.05, 0.1) is 10.6 Å². The first-order valence-corrected chi connectivity index (χ1v) is 8.50. The molecule has 1 aromatic carbocycles. The molecule has 0 saturated heterocycles. The van der Waals surface area contributed by atoms with E-state index in [0.29, 0.717) is 0 Å². The van der Waals surface area contributed by atoms with Gasteiger partial charge in [0.1, 0.15) is 0 Å². The Morgan fingerprint density at radius 3 is 2.52 bits per heavy atom.